The van der Waals surface area contributed by atoms with Crippen molar-refractivity contribution in [3.8, 4) is 5.69 Å². The van der Waals surface area contributed by atoms with E-state index in [0.29, 0.717) is 17.5 Å². The second-order valence-electron chi connectivity index (χ2n) is 4.28. The number of hydrogen-bond donors (Lipinski definition) is 1. The Morgan fingerprint density at radius 1 is 1.35 bits per heavy atom. The minimum absolute atomic E-state index is 0.409. The molecule has 0 aliphatic heterocycles. The molecule has 2 aromatic rings. The molecular formula is C13H16ClN3. The molecule has 0 saturated carbocycles. The third kappa shape index (κ3) is 2.35. The molecule has 0 bridgehead atoms. The minimum Gasteiger partial charge on any atom is -0.326 e. The smallest absolute Gasteiger partial charge is 0.0705 e. The van der Waals surface area contributed by atoms with Crippen molar-refractivity contribution in [2.45, 2.75) is 26.3 Å². The van der Waals surface area contributed by atoms with Crippen molar-refractivity contribution in [3.63, 3.8) is 0 Å². The predicted octanol–water partition coefficient (Wildman–Crippen LogP) is 3.11. The van der Waals surface area contributed by atoms with Crippen LogP contribution in [0.2, 0.25) is 5.02 Å². The van der Waals surface area contributed by atoms with Crippen molar-refractivity contribution in [2.75, 3.05) is 0 Å². The van der Waals surface area contributed by atoms with Gasteiger partial charge in [0.25, 0.3) is 0 Å². The number of nitrogens with two attached hydrogens (primary N) is 1. The van der Waals surface area contributed by atoms with Gasteiger partial charge >= 0.3 is 0 Å². The first-order valence-corrected chi connectivity index (χ1v) is 6.04. The maximum Gasteiger partial charge on any atom is 0.0705 e. The molecule has 1 heterocycles. The zero-order valence-corrected chi connectivity index (χ0v) is 10.8. The van der Waals surface area contributed by atoms with Gasteiger partial charge in [0.2, 0.25) is 0 Å². The highest BCUT2D eigenvalue weighted by Gasteiger charge is 2.09. The number of aromatic nitrogens is 2. The Kier molecular flexibility index (Phi) is 3.50. The summed E-state index contributed by atoms with van der Waals surface area (Å²) >= 11 is 6.13. The number of halogens is 1. The Labute approximate surface area is 106 Å². The van der Waals surface area contributed by atoms with Gasteiger partial charge in [0.15, 0.2) is 0 Å². The number of hydrogen-bond acceptors (Lipinski definition) is 2. The van der Waals surface area contributed by atoms with Crippen LogP contribution in [0.1, 0.15) is 31.0 Å². The summed E-state index contributed by atoms with van der Waals surface area (Å²) < 4.78 is 1.84. The lowest BCUT2D eigenvalue weighted by Crippen LogP contribution is -2.06. The fraction of sp³-hybridized carbons (Fsp3) is 0.308. The van der Waals surface area contributed by atoms with Crippen LogP contribution >= 0.6 is 11.6 Å². The van der Waals surface area contributed by atoms with Crippen LogP contribution in [0.5, 0.6) is 0 Å². The van der Waals surface area contributed by atoms with Gasteiger partial charge in [-0.15, -0.1) is 0 Å². The van der Waals surface area contributed by atoms with Crippen molar-refractivity contribution in [2.24, 2.45) is 5.73 Å². The molecular weight excluding hydrogens is 234 g/mol. The first kappa shape index (κ1) is 12.1. The molecule has 2 rings (SSSR count). The van der Waals surface area contributed by atoms with Crippen molar-refractivity contribution in [3.05, 3.63) is 46.7 Å². The molecule has 90 valence electrons. The molecule has 0 unspecified atom stereocenters. The summed E-state index contributed by atoms with van der Waals surface area (Å²) in [6.45, 7) is 4.65. The third-order valence-corrected chi connectivity index (χ3v) is 3.10. The van der Waals surface area contributed by atoms with E-state index < -0.39 is 0 Å². The first-order valence-electron chi connectivity index (χ1n) is 5.67. The molecule has 2 N–H and O–H groups in total. The van der Waals surface area contributed by atoms with Gasteiger partial charge in [0.1, 0.15) is 0 Å². The van der Waals surface area contributed by atoms with Gasteiger partial charge in [-0.25, -0.2) is 4.68 Å². The normalized spacial score (nSPS) is 11.1. The average Bonchev–Trinajstić information content (AvgIpc) is 2.77. The van der Waals surface area contributed by atoms with Crippen LogP contribution in [-0.4, -0.2) is 9.78 Å². The summed E-state index contributed by atoms with van der Waals surface area (Å²) in [4.78, 5) is 0. The van der Waals surface area contributed by atoms with E-state index in [-0.39, 0.29) is 0 Å². The zero-order chi connectivity index (χ0) is 12.4. The van der Waals surface area contributed by atoms with Gasteiger partial charge in [-0.05, 0) is 24.1 Å². The molecule has 0 amide bonds. The average molecular weight is 250 g/mol. The lowest BCUT2D eigenvalue weighted by molar-refractivity contribution is 0.763. The summed E-state index contributed by atoms with van der Waals surface area (Å²) in [6, 6.07) is 7.75. The summed E-state index contributed by atoms with van der Waals surface area (Å²) in [5, 5.41) is 5.22. The van der Waals surface area contributed by atoms with Crippen molar-refractivity contribution in [1.29, 1.82) is 0 Å². The van der Waals surface area contributed by atoms with Crippen LogP contribution in [0.25, 0.3) is 5.69 Å². The van der Waals surface area contributed by atoms with Gasteiger partial charge < -0.3 is 5.73 Å². The molecule has 0 saturated heterocycles. The van der Waals surface area contributed by atoms with Gasteiger partial charge in [-0.3, -0.25) is 0 Å². The zero-order valence-electron chi connectivity index (χ0n) is 10.0. The minimum atomic E-state index is 0.409. The Bertz CT molecular complexity index is 517. The van der Waals surface area contributed by atoms with Crippen molar-refractivity contribution >= 4 is 11.6 Å². The molecule has 0 radical (unpaired) electrons. The number of nitrogens with zero attached hydrogens (tertiary/aromatic N) is 2. The Morgan fingerprint density at radius 3 is 2.71 bits per heavy atom. The highest BCUT2D eigenvalue weighted by atomic mass is 35.5. The third-order valence-electron chi connectivity index (χ3n) is 2.75. The highest BCUT2D eigenvalue weighted by Crippen LogP contribution is 2.23. The van der Waals surface area contributed by atoms with E-state index in [1.54, 1.807) is 0 Å². The monoisotopic (exact) mass is 249 g/mol. The van der Waals surface area contributed by atoms with Crippen LogP contribution in [0.3, 0.4) is 0 Å². The molecule has 1 aromatic carbocycles. The lowest BCUT2D eigenvalue weighted by atomic mass is 10.1. The lowest BCUT2D eigenvalue weighted by Gasteiger charge is -2.09. The molecule has 0 atom stereocenters. The SMILES string of the molecule is CC(C)c1ccn(-c2cccc(Cl)c2CN)n1. The van der Waals surface area contributed by atoms with Crippen molar-refractivity contribution in [1.82, 2.24) is 9.78 Å². The van der Waals surface area contributed by atoms with Crippen molar-refractivity contribution < 1.29 is 0 Å². The highest BCUT2D eigenvalue weighted by molar-refractivity contribution is 6.31. The maximum absolute atomic E-state index is 6.13. The molecule has 0 spiro atoms. The summed E-state index contributed by atoms with van der Waals surface area (Å²) in [7, 11) is 0. The van der Waals surface area contributed by atoms with Crippen LogP contribution in [0.15, 0.2) is 30.5 Å². The molecule has 17 heavy (non-hydrogen) atoms. The standard InChI is InChI=1S/C13H16ClN3/c1-9(2)12-6-7-17(16-12)13-5-3-4-11(14)10(13)8-15/h3-7,9H,8,15H2,1-2H3. The maximum atomic E-state index is 6.13. The predicted molar refractivity (Wildman–Crippen MR) is 70.6 cm³/mol. The van der Waals surface area contributed by atoms with E-state index >= 15 is 0 Å². The Morgan fingerprint density at radius 2 is 2.12 bits per heavy atom. The van der Waals surface area contributed by atoms with E-state index in [4.69, 9.17) is 17.3 Å². The fourth-order valence-electron chi connectivity index (χ4n) is 1.74. The van der Waals surface area contributed by atoms with Gasteiger partial charge in [-0.1, -0.05) is 31.5 Å². The fourth-order valence-corrected chi connectivity index (χ4v) is 1.99. The summed E-state index contributed by atoms with van der Waals surface area (Å²) in [6.07, 6.45) is 1.94. The van der Waals surface area contributed by atoms with E-state index in [9.17, 15) is 0 Å². The van der Waals surface area contributed by atoms with Gasteiger partial charge in [0.05, 0.1) is 11.4 Å². The number of benzene rings is 1. The second-order valence-corrected chi connectivity index (χ2v) is 4.69. The van der Waals surface area contributed by atoms with E-state index in [1.807, 2.05) is 35.1 Å². The first-order chi connectivity index (χ1) is 8.13. The second kappa shape index (κ2) is 4.90. The van der Waals surface area contributed by atoms with Gasteiger partial charge in [0, 0.05) is 23.3 Å². The molecule has 3 nitrogen and oxygen atoms in total. The Hall–Kier alpha value is -1.32. The molecule has 0 fully saturated rings. The topological polar surface area (TPSA) is 43.8 Å². The van der Waals surface area contributed by atoms with Crippen LogP contribution in [0.4, 0.5) is 0 Å². The number of rotatable bonds is 3. The molecule has 1 aromatic heterocycles. The Balaban J connectivity index is 2.48. The van der Waals surface area contributed by atoms with Crippen LogP contribution < -0.4 is 5.73 Å². The summed E-state index contributed by atoms with van der Waals surface area (Å²) in [5.74, 6) is 0.414. The van der Waals surface area contributed by atoms with Gasteiger partial charge in [-0.2, -0.15) is 5.10 Å². The quantitative estimate of drug-likeness (QED) is 0.908. The van der Waals surface area contributed by atoms with E-state index in [1.165, 1.54) is 0 Å². The van der Waals surface area contributed by atoms with E-state index in [0.717, 1.165) is 16.9 Å². The van der Waals surface area contributed by atoms with E-state index in [2.05, 4.69) is 18.9 Å². The largest absolute Gasteiger partial charge is 0.326 e. The molecule has 4 heteroatoms. The van der Waals surface area contributed by atoms with Crippen LogP contribution in [-0.2, 0) is 6.54 Å². The summed E-state index contributed by atoms with van der Waals surface area (Å²) in [5.41, 5.74) is 8.67. The van der Waals surface area contributed by atoms with Crippen LogP contribution in [0, 0.1) is 0 Å². The molecule has 0 aliphatic rings. The molecule has 0 aliphatic carbocycles.